The average Bonchev–Trinajstić information content (AvgIpc) is 1.70. The molecule has 16 heavy (non-hydrogen) atoms. The van der Waals surface area contributed by atoms with Gasteiger partial charge in [-0.15, -0.1) is 0 Å². The van der Waals surface area contributed by atoms with Gasteiger partial charge in [-0.2, -0.15) is 0 Å². The third-order valence-electron chi connectivity index (χ3n) is 2.09. The molecule has 0 heterocycles. The van der Waals surface area contributed by atoms with Gasteiger partial charge in [0.2, 0.25) is 0 Å². The monoisotopic (exact) mass is 313 g/mol. The highest BCUT2D eigenvalue weighted by atomic mass is 35.7. The van der Waals surface area contributed by atoms with Gasteiger partial charge in [0.15, 0.2) is 0 Å². The molecule has 0 aliphatic carbocycles. The predicted molar refractivity (Wildman–Crippen MR) is 89.5 cm³/mol. The zero-order valence-electron chi connectivity index (χ0n) is 12.5. The summed E-state index contributed by atoms with van der Waals surface area (Å²) >= 11 is 6.80. The van der Waals surface area contributed by atoms with Gasteiger partial charge in [0.05, 0.1) is 8.07 Å². The van der Waals surface area contributed by atoms with Crippen molar-refractivity contribution < 1.29 is 0 Å². The molecule has 6 heteroatoms. The fraction of sp³-hybridized carbons (Fsp3) is 1.00. The molecule has 0 amide bonds. The Morgan fingerprint density at radius 2 is 1.12 bits per heavy atom. The van der Waals surface area contributed by atoms with Crippen LogP contribution in [-0.2, 0) is 0 Å². The van der Waals surface area contributed by atoms with E-state index in [9.17, 15) is 0 Å². The van der Waals surface area contributed by atoms with E-state index in [4.69, 9.17) is 11.2 Å². The molecule has 0 aromatic heterocycles. The number of halogens is 1. The third-order valence-corrected chi connectivity index (χ3v) is 21.3. The summed E-state index contributed by atoms with van der Waals surface area (Å²) in [6, 6.07) is 0. The van der Waals surface area contributed by atoms with Gasteiger partial charge >= 0.3 is 0 Å². The van der Waals surface area contributed by atoms with Gasteiger partial charge in [-0.3, -0.25) is 0 Å². The third kappa shape index (κ3) is 6.31. The van der Waals surface area contributed by atoms with Crippen LogP contribution in [0.15, 0.2) is 0 Å². The maximum absolute atomic E-state index is 6.80. The molecule has 0 spiro atoms. The van der Waals surface area contributed by atoms with Gasteiger partial charge in [-0.25, -0.2) is 0 Å². The standard InChI is InChI=1S/C10H29ClNPSi3/c1-14(2,3)10-13(11)12(15(4,5)6)16(7,8)9/h10H2,1-9H3. The van der Waals surface area contributed by atoms with Crippen LogP contribution in [0.4, 0.5) is 0 Å². The van der Waals surface area contributed by atoms with E-state index in [1.807, 2.05) is 0 Å². The summed E-state index contributed by atoms with van der Waals surface area (Å²) < 4.78 is 2.79. The Morgan fingerprint density at radius 1 is 0.812 bits per heavy atom. The van der Waals surface area contributed by atoms with Gasteiger partial charge in [-0.05, 0) is 5.79 Å². The van der Waals surface area contributed by atoms with Crippen LogP contribution in [0.1, 0.15) is 0 Å². The lowest BCUT2D eigenvalue weighted by molar-refractivity contribution is 0.982. The summed E-state index contributed by atoms with van der Waals surface area (Å²) in [5, 5.41) is 0. The van der Waals surface area contributed by atoms with Gasteiger partial charge in [0.25, 0.3) is 0 Å². The fourth-order valence-electron chi connectivity index (χ4n) is 2.12. The second-order valence-electron chi connectivity index (χ2n) is 7.71. The second-order valence-corrected chi connectivity index (χ2v) is 27.1. The summed E-state index contributed by atoms with van der Waals surface area (Å²) in [5.41, 5.74) is 0. The van der Waals surface area contributed by atoms with Crippen molar-refractivity contribution in [2.24, 2.45) is 0 Å². The molecular formula is C10H29ClNPSi3. The van der Waals surface area contributed by atoms with Crippen LogP contribution in [0.5, 0.6) is 0 Å². The van der Waals surface area contributed by atoms with Gasteiger partial charge < -0.3 is 4.00 Å². The molecule has 0 fully saturated rings. The molecular weight excluding hydrogens is 285 g/mol. The van der Waals surface area contributed by atoms with E-state index in [0.717, 1.165) is 0 Å². The summed E-state index contributed by atoms with van der Waals surface area (Å²) in [7, 11) is -4.00. The summed E-state index contributed by atoms with van der Waals surface area (Å²) in [6.45, 7) is 21.9. The average molecular weight is 314 g/mol. The van der Waals surface area contributed by atoms with Gasteiger partial charge in [0, 0.05) is 7.43 Å². The lowest BCUT2D eigenvalue weighted by Gasteiger charge is -2.47. The first-order chi connectivity index (χ1) is 6.75. The Morgan fingerprint density at radius 3 is 1.31 bits per heavy atom. The van der Waals surface area contributed by atoms with E-state index < -0.39 is 32.0 Å². The molecule has 0 saturated heterocycles. The summed E-state index contributed by atoms with van der Waals surface area (Å²) in [6.07, 6.45) is 0. The van der Waals surface area contributed by atoms with Crippen molar-refractivity contribution in [1.82, 2.24) is 4.00 Å². The topological polar surface area (TPSA) is 3.24 Å². The number of hydrogen-bond donors (Lipinski definition) is 0. The van der Waals surface area contributed by atoms with E-state index >= 15 is 0 Å². The minimum absolute atomic E-state index is 0.417. The lowest BCUT2D eigenvalue weighted by Crippen LogP contribution is -2.56. The van der Waals surface area contributed by atoms with E-state index in [-0.39, 0.29) is 0 Å². The number of hydrogen-bond acceptors (Lipinski definition) is 1. The molecule has 0 aromatic carbocycles. The normalized spacial score (nSPS) is 16.7. The van der Waals surface area contributed by atoms with Crippen molar-refractivity contribution in [1.29, 1.82) is 0 Å². The highest BCUT2D eigenvalue weighted by molar-refractivity contribution is 7.86. The molecule has 0 aliphatic heterocycles. The highest BCUT2D eigenvalue weighted by Gasteiger charge is 2.40. The van der Waals surface area contributed by atoms with E-state index in [1.165, 1.54) is 5.79 Å². The Balaban J connectivity index is 4.94. The predicted octanol–water partition coefficient (Wildman–Crippen LogP) is 5.39. The molecule has 0 rings (SSSR count). The van der Waals surface area contributed by atoms with Crippen LogP contribution in [0.25, 0.3) is 0 Å². The summed E-state index contributed by atoms with van der Waals surface area (Å²) in [5.74, 6) is 1.28. The van der Waals surface area contributed by atoms with Crippen molar-refractivity contribution >= 4 is 43.2 Å². The first-order valence-corrected chi connectivity index (χ1v) is 19.0. The minimum Gasteiger partial charge on any atom is -0.312 e. The Kier molecular flexibility index (Phi) is 6.00. The smallest absolute Gasteiger partial charge is 0.117 e. The van der Waals surface area contributed by atoms with Crippen molar-refractivity contribution in [3.8, 4) is 0 Å². The van der Waals surface area contributed by atoms with E-state index in [2.05, 4.69) is 62.9 Å². The van der Waals surface area contributed by atoms with E-state index in [0.29, 0.717) is 0 Å². The zero-order valence-corrected chi connectivity index (χ0v) is 17.1. The van der Waals surface area contributed by atoms with Crippen LogP contribution in [0.2, 0.25) is 58.9 Å². The SMILES string of the molecule is C[Si](C)(C)CP(Cl)N([Si](C)(C)C)[Si](C)(C)C. The molecule has 98 valence electrons. The van der Waals surface area contributed by atoms with Crippen LogP contribution in [0, 0.1) is 0 Å². The molecule has 0 aliphatic rings. The molecule has 0 bridgehead atoms. The molecule has 0 N–H and O–H groups in total. The molecule has 0 radical (unpaired) electrons. The Bertz CT molecular complexity index is 216. The highest BCUT2D eigenvalue weighted by Crippen LogP contribution is 2.52. The minimum atomic E-state index is -1.27. The maximum Gasteiger partial charge on any atom is 0.117 e. The summed E-state index contributed by atoms with van der Waals surface area (Å²) in [4.78, 5) is 0. The van der Waals surface area contributed by atoms with Crippen molar-refractivity contribution in [2.75, 3.05) is 5.79 Å². The van der Waals surface area contributed by atoms with Crippen LogP contribution >= 0.6 is 18.7 Å². The molecule has 1 nitrogen and oxygen atoms in total. The largest absolute Gasteiger partial charge is 0.312 e. The lowest BCUT2D eigenvalue weighted by atomic mass is 11.8. The van der Waals surface area contributed by atoms with Crippen LogP contribution in [0.3, 0.4) is 0 Å². The number of rotatable bonds is 5. The van der Waals surface area contributed by atoms with Crippen LogP contribution < -0.4 is 0 Å². The van der Waals surface area contributed by atoms with E-state index in [1.54, 1.807) is 0 Å². The first kappa shape index (κ1) is 17.3. The molecule has 1 unspecified atom stereocenters. The molecule has 1 atom stereocenters. The fourth-order valence-corrected chi connectivity index (χ4v) is 27.7. The first-order valence-electron chi connectivity index (χ1n) is 5.99. The molecule has 0 saturated carbocycles. The van der Waals surface area contributed by atoms with Crippen molar-refractivity contribution in [2.45, 2.75) is 58.9 Å². The number of nitrogens with zero attached hydrogens (tertiary/aromatic N) is 1. The second kappa shape index (κ2) is 5.54. The quantitative estimate of drug-likeness (QED) is 0.486. The Hall–Kier alpha value is 1.33. The van der Waals surface area contributed by atoms with Crippen LogP contribution in [-0.4, -0.2) is 34.3 Å². The van der Waals surface area contributed by atoms with Crippen molar-refractivity contribution in [3.63, 3.8) is 0 Å². The van der Waals surface area contributed by atoms with Gasteiger partial charge in [0.1, 0.15) is 16.5 Å². The van der Waals surface area contributed by atoms with Crippen molar-refractivity contribution in [3.05, 3.63) is 0 Å². The van der Waals surface area contributed by atoms with Gasteiger partial charge in [-0.1, -0.05) is 70.2 Å². The Labute approximate surface area is 112 Å². The maximum atomic E-state index is 6.80. The molecule has 0 aromatic rings. The zero-order chi connectivity index (χ0) is 13.4.